The highest BCUT2D eigenvalue weighted by Crippen LogP contribution is 2.39. The molecule has 6 nitrogen and oxygen atoms in total. The Bertz CT molecular complexity index is 501. The van der Waals surface area contributed by atoms with Gasteiger partial charge >= 0.3 is 0 Å². The van der Waals surface area contributed by atoms with E-state index in [1.807, 2.05) is 4.90 Å². The molecule has 0 radical (unpaired) electrons. The maximum absolute atomic E-state index is 12.7. The molecule has 1 aliphatic carbocycles. The van der Waals surface area contributed by atoms with Crippen LogP contribution >= 0.6 is 0 Å². The highest BCUT2D eigenvalue weighted by atomic mass is 32.2. The van der Waals surface area contributed by atoms with Gasteiger partial charge in [-0.1, -0.05) is 19.3 Å². The van der Waals surface area contributed by atoms with E-state index in [1.165, 1.54) is 25.5 Å². The predicted octanol–water partition coefficient (Wildman–Crippen LogP) is 1.07. The third-order valence-electron chi connectivity index (χ3n) is 5.38. The molecule has 0 bridgehead atoms. The Morgan fingerprint density at radius 2 is 1.96 bits per heavy atom. The normalized spacial score (nSPS) is 25.3. The van der Waals surface area contributed by atoms with Crippen LogP contribution < -0.4 is 10.5 Å². The van der Waals surface area contributed by atoms with E-state index in [0.717, 1.165) is 32.2 Å². The van der Waals surface area contributed by atoms with E-state index < -0.39 is 10.0 Å². The summed E-state index contributed by atoms with van der Waals surface area (Å²) in [4.78, 5) is 14.6. The van der Waals surface area contributed by atoms with Gasteiger partial charge in [0.1, 0.15) is 0 Å². The van der Waals surface area contributed by atoms with Gasteiger partial charge in [0.15, 0.2) is 0 Å². The first-order valence-electron chi connectivity index (χ1n) is 8.76. The molecule has 134 valence electrons. The topological polar surface area (TPSA) is 92.5 Å². The number of carbonyl (C=O) groups excluding carboxylic acids is 1. The molecule has 0 aromatic rings. The highest BCUT2D eigenvalue weighted by Gasteiger charge is 2.35. The standard InChI is InChI=1S/C16H31N3O3S/c1-23(21,22)18-11-14-6-5-9-19(12-14)15(20)10-16(13-17)7-3-2-4-8-16/h14,18H,2-13,17H2,1H3. The zero-order chi connectivity index (χ0) is 16.9. The molecule has 23 heavy (non-hydrogen) atoms. The van der Waals surface area contributed by atoms with Crippen molar-refractivity contribution in [1.29, 1.82) is 0 Å². The lowest BCUT2D eigenvalue weighted by Gasteiger charge is -2.39. The Kier molecular flexibility index (Phi) is 6.45. The number of nitrogens with one attached hydrogen (secondary N) is 1. The van der Waals surface area contributed by atoms with Crippen molar-refractivity contribution >= 4 is 15.9 Å². The van der Waals surface area contributed by atoms with Crippen molar-refractivity contribution in [2.75, 3.05) is 32.4 Å². The third kappa shape index (κ3) is 5.72. The molecule has 3 N–H and O–H groups in total. The van der Waals surface area contributed by atoms with E-state index in [-0.39, 0.29) is 17.2 Å². The Morgan fingerprint density at radius 3 is 2.57 bits per heavy atom. The average molecular weight is 346 g/mol. The number of hydrogen-bond donors (Lipinski definition) is 2. The maximum Gasteiger partial charge on any atom is 0.223 e. The van der Waals surface area contributed by atoms with Gasteiger partial charge in [0.25, 0.3) is 0 Å². The van der Waals surface area contributed by atoms with Crippen LogP contribution in [0.4, 0.5) is 0 Å². The van der Waals surface area contributed by atoms with Crippen LogP contribution in [0.5, 0.6) is 0 Å². The fourth-order valence-electron chi connectivity index (χ4n) is 3.91. The van der Waals surface area contributed by atoms with Crippen molar-refractivity contribution in [2.45, 2.75) is 51.4 Å². The molecule has 0 aromatic carbocycles. The van der Waals surface area contributed by atoms with Crippen molar-refractivity contribution in [3.63, 3.8) is 0 Å². The molecule has 1 heterocycles. The minimum absolute atomic E-state index is 0.00666. The molecular weight excluding hydrogens is 314 g/mol. The monoisotopic (exact) mass is 345 g/mol. The lowest BCUT2D eigenvalue weighted by atomic mass is 9.71. The fourth-order valence-corrected chi connectivity index (χ4v) is 4.45. The Labute approximate surface area is 140 Å². The molecule has 1 aliphatic heterocycles. The van der Waals surface area contributed by atoms with Gasteiger partial charge in [-0.15, -0.1) is 0 Å². The molecule has 7 heteroatoms. The number of amides is 1. The third-order valence-corrected chi connectivity index (χ3v) is 6.07. The van der Waals surface area contributed by atoms with Crippen LogP contribution in [-0.2, 0) is 14.8 Å². The smallest absolute Gasteiger partial charge is 0.223 e. The zero-order valence-corrected chi connectivity index (χ0v) is 15.0. The summed E-state index contributed by atoms with van der Waals surface area (Å²) in [6.07, 6.45) is 9.34. The summed E-state index contributed by atoms with van der Waals surface area (Å²) >= 11 is 0. The molecule has 1 atom stereocenters. The van der Waals surface area contributed by atoms with E-state index in [9.17, 15) is 13.2 Å². The number of piperidine rings is 1. The van der Waals surface area contributed by atoms with Crippen molar-refractivity contribution in [1.82, 2.24) is 9.62 Å². The molecule has 1 saturated carbocycles. The average Bonchev–Trinajstić information content (AvgIpc) is 2.53. The first-order chi connectivity index (χ1) is 10.8. The number of likely N-dealkylation sites (tertiary alicyclic amines) is 1. The summed E-state index contributed by atoms with van der Waals surface area (Å²) in [6, 6.07) is 0. The number of nitrogens with zero attached hydrogens (tertiary/aromatic N) is 1. The molecule has 0 spiro atoms. The van der Waals surface area contributed by atoms with E-state index >= 15 is 0 Å². The van der Waals surface area contributed by atoms with Crippen molar-refractivity contribution in [3.05, 3.63) is 0 Å². The highest BCUT2D eigenvalue weighted by molar-refractivity contribution is 7.88. The summed E-state index contributed by atoms with van der Waals surface area (Å²) in [5, 5.41) is 0. The van der Waals surface area contributed by atoms with E-state index in [1.54, 1.807) is 0 Å². The zero-order valence-electron chi connectivity index (χ0n) is 14.2. The maximum atomic E-state index is 12.7. The molecule has 1 unspecified atom stereocenters. The molecule has 2 aliphatic rings. The Hall–Kier alpha value is -0.660. The summed E-state index contributed by atoms with van der Waals surface area (Å²) in [7, 11) is -3.17. The second kappa shape index (κ2) is 7.94. The van der Waals surface area contributed by atoms with Crippen LogP contribution in [0.3, 0.4) is 0 Å². The van der Waals surface area contributed by atoms with Gasteiger partial charge in [0, 0.05) is 26.1 Å². The van der Waals surface area contributed by atoms with Gasteiger partial charge < -0.3 is 10.6 Å². The van der Waals surface area contributed by atoms with Crippen molar-refractivity contribution in [2.24, 2.45) is 17.1 Å². The van der Waals surface area contributed by atoms with Crippen LogP contribution in [0.2, 0.25) is 0 Å². The second-order valence-electron chi connectivity index (χ2n) is 7.41. The van der Waals surface area contributed by atoms with Crippen LogP contribution in [0, 0.1) is 11.3 Å². The SMILES string of the molecule is CS(=O)(=O)NCC1CCCN(C(=O)CC2(CN)CCCCC2)C1. The summed E-state index contributed by atoms with van der Waals surface area (Å²) in [6.45, 7) is 2.45. The quantitative estimate of drug-likeness (QED) is 0.753. The molecule has 2 fully saturated rings. The minimum atomic E-state index is -3.17. The second-order valence-corrected chi connectivity index (χ2v) is 9.24. The van der Waals surface area contributed by atoms with E-state index in [4.69, 9.17) is 5.73 Å². The van der Waals surface area contributed by atoms with Gasteiger partial charge in [-0.05, 0) is 43.6 Å². The van der Waals surface area contributed by atoms with Gasteiger partial charge in [0.05, 0.1) is 6.26 Å². The first-order valence-corrected chi connectivity index (χ1v) is 10.7. The lowest BCUT2D eigenvalue weighted by molar-refractivity contribution is -0.136. The molecule has 1 amide bonds. The summed E-state index contributed by atoms with van der Waals surface area (Å²) in [5.41, 5.74) is 5.98. The molecule has 2 rings (SSSR count). The molecular formula is C16H31N3O3S. The largest absolute Gasteiger partial charge is 0.342 e. The van der Waals surface area contributed by atoms with E-state index in [2.05, 4.69) is 4.72 Å². The van der Waals surface area contributed by atoms with Crippen molar-refractivity contribution < 1.29 is 13.2 Å². The number of nitrogens with two attached hydrogens (primary N) is 1. The van der Waals surface area contributed by atoms with Gasteiger partial charge in [-0.25, -0.2) is 13.1 Å². The van der Waals surface area contributed by atoms with Gasteiger partial charge in [0.2, 0.25) is 15.9 Å². The Morgan fingerprint density at radius 1 is 1.26 bits per heavy atom. The lowest BCUT2D eigenvalue weighted by Crippen LogP contribution is -2.46. The van der Waals surface area contributed by atoms with E-state index in [0.29, 0.717) is 26.1 Å². The summed E-state index contributed by atoms with van der Waals surface area (Å²) < 4.78 is 25.0. The van der Waals surface area contributed by atoms with Gasteiger partial charge in [-0.3, -0.25) is 4.79 Å². The molecule has 0 aromatic heterocycles. The first kappa shape index (κ1) is 18.7. The van der Waals surface area contributed by atoms with Crippen molar-refractivity contribution in [3.8, 4) is 0 Å². The number of carbonyl (C=O) groups is 1. The molecule has 1 saturated heterocycles. The minimum Gasteiger partial charge on any atom is -0.342 e. The van der Waals surface area contributed by atoms with Gasteiger partial charge in [-0.2, -0.15) is 0 Å². The number of rotatable bonds is 6. The van der Waals surface area contributed by atoms with Crippen LogP contribution in [0.15, 0.2) is 0 Å². The van der Waals surface area contributed by atoms with Crippen LogP contribution in [-0.4, -0.2) is 51.7 Å². The number of sulfonamides is 1. The fraction of sp³-hybridized carbons (Fsp3) is 0.938. The Balaban J connectivity index is 1.88. The van der Waals surface area contributed by atoms with Crippen LogP contribution in [0.25, 0.3) is 0 Å². The van der Waals surface area contributed by atoms with Crippen LogP contribution in [0.1, 0.15) is 51.4 Å². The predicted molar refractivity (Wildman–Crippen MR) is 91.3 cm³/mol. The number of hydrogen-bond acceptors (Lipinski definition) is 4. The summed E-state index contributed by atoms with van der Waals surface area (Å²) in [5.74, 6) is 0.406.